The summed E-state index contributed by atoms with van der Waals surface area (Å²) in [5.41, 5.74) is 1.53. The third kappa shape index (κ3) is 1.36. The molecule has 1 heterocycles. The smallest absolute Gasteiger partial charge is 0.189 e. The first-order valence-corrected chi connectivity index (χ1v) is 4.09. The van der Waals surface area contributed by atoms with Crippen molar-refractivity contribution in [2.75, 3.05) is 13.7 Å². The van der Waals surface area contributed by atoms with Gasteiger partial charge in [-0.3, -0.25) is 4.79 Å². The van der Waals surface area contributed by atoms with Crippen molar-refractivity contribution < 1.29 is 14.3 Å². The number of methoxy groups -OCH3 is 1. The molecule has 1 aromatic rings. The van der Waals surface area contributed by atoms with Crippen molar-refractivity contribution in [3.63, 3.8) is 0 Å². The van der Waals surface area contributed by atoms with Crippen LogP contribution in [0.1, 0.15) is 22.2 Å². The normalized spacial score (nSPS) is 21.3. The summed E-state index contributed by atoms with van der Waals surface area (Å²) in [6.45, 7) is 0.107. The molecule has 0 amide bonds. The highest BCUT2D eigenvalue weighted by Gasteiger charge is 2.25. The lowest BCUT2D eigenvalue weighted by Gasteiger charge is -2.23. The fourth-order valence-corrected chi connectivity index (χ4v) is 1.47. The van der Waals surface area contributed by atoms with Crippen molar-refractivity contribution in [3.05, 3.63) is 35.4 Å². The SMILES string of the molecule is COC1OCC(=O)c2ccccc21. The molecule has 1 aliphatic heterocycles. The van der Waals surface area contributed by atoms with Crippen LogP contribution in [-0.4, -0.2) is 19.5 Å². The average molecular weight is 178 g/mol. The molecule has 0 aromatic heterocycles. The summed E-state index contributed by atoms with van der Waals surface area (Å²) < 4.78 is 10.3. The summed E-state index contributed by atoms with van der Waals surface area (Å²) in [7, 11) is 1.57. The molecule has 0 spiro atoms. The molecule has 0 saturated carbocycles. The van der Waals surface area contributed by atoms with E-state index in [-0.39, 0.29) is 12.4 Å². The number of ether oxygens (including phenoxy) is 2. The van der Waals surface area contributed by atoms with Crippen molar-refractivity contribution in [3.8, 4) is 0 Å². The zero-order chi connectivity index (χ0) is 9.26. The molecule has 0 aliphatic carbocycles. The number of benzene rings is 1. The molecule has 3 nitrogen and oxygen atoms in total. The first kappa shape index (κ1) is 8.41. The Kier molecular flexibility index (Phi) is 2.12. The molecular formula is C10H10O3. The molecule has 0 fully saturated rings. The topological polar surface area (TPSA) is 35.5 Å². The summed E-state index contributed by atoms with van der Waals surface area (Å²) >= 11 is 0. The van der Waals surface area contributed by atoms with Gasteiger partial charge in [0.05, 0.1) is 0 Å². The van der Waals surface area contributed by atoms with Gasteiger partial charge in [-0.05, 0) is 0 Å². The number of rotatable bonds is 1. The number of hydrogen-bond acceptors (Lipinski definition) is 3. The molecule has 1 aromatic carbocycles. The van der Waals surface area contributed by atoms with Crippen LogP contribution in [0.15, 0.2) is 24.3 Å². The van der Waals surface area contributed by atoms with Gasteiger partial charge < -0.3 is 9.47 Å². The molecule has 2 rings (SSSR count). The van der Waals surface area contributed by atoms with Crippen LogP contribution in [0.5, 0.6) is 0 Å². The van der Waals surface area contributed by atoms with Crippen molar-refractivity contribution in [1.29, 1.82) is 0 Å². The third-order valence-corrected chi connectivity index (χ3v) is 2.10. The van der Waals surface area contributed by atoms with Crippen molar-refractivity contribution in [2.24, 2.45) is 0 Å². The van der Waals surface area contributed by atoms with E-state index in [4.69, 9.17) is 9.47 Å². The van der Waals surface area contributed by atoms with Crippen LogP contribution in [-0.2, 0) is 9.47 Å². The largest absolute Gasteiger partial charge is 0.352 e. The molecule has 1 atom stereocenters. The van der Waals surface area contributed by atoms with Gasteiger partial charge in [-0.25, -0.2) is 0 Å². The lowest BCUT2D eigenvalue weighted by atomic mass is 10.0. The van der Waals surface area contributed by atoms with Gasteiger partial charge in [-0.2, -0.15) is 0 Å². The van der Waals surface area contributed by atoms with Crippen molar-refractivity contribution >= 4 is 5.78 Å². The minimum Gasteiger partial charge on any atom is -0.352 e. The van der Waals surface area contributed by atoms with E-state index in [1.54, 1.807) is 13.2 Å². The first-order chi connectivity index (χ1) is 6.33. The van der Waals surface area contributed by atoms with Crippen LogP contribution in [0, 0.1) is 0 Å². The second-order valence-electron chi connectivity index (χ2n) is 2.89. The Morgan fingerprint density at radius 3 is 3.00 bits per heavy atom. The number of carbonyl (C=O) groups excluding carboxylic acids is 1. The molecule has 0 radical (unpaired) electrons. The minimum absolute atomic E-state index is 0.0175. The van der Waals surface area contributed by atoms with Crippen LogP contribution < -0.4 is 0 Å². The van der Waals surface area contributed by atoms with Crippen LogP contribution in [0.3, 0.4) is 0 Å². The van der Waals surface area contributed by atoms with E-state index in [1.165, 1.54) is 0 Å². The molecule has 1 unspecified atom stereocenters. The van der Waals surface area contributed by atoms with E-state index in [0.717, 1.165) is 5.56 Å². The Labute approximate surface area is 76.3 Å². The second kappa shape index (κ2) is 3.28. The summed E-state index contributed by atoms with van der Waals surface area (Å²) in [5, 5.41) is 0. The zero-order valence-electron chi connectivity index (χ0n) is 7.32. The predicted octanol–water partition coefficient (Wildman–Crippen LogP) is 1.54. The third-order valence-electron chi connectivity index (χ3n) is 2.10. The molecule has 13 heavy (non-hydrogen) atoms. The van der Waals surface area contributed by atoms with Gasteiger partial charge in [0.2, 0.25) is 0 Å². The van der Waals surface area contributed by atoms with E-state index in [9.17, 15) is 4.79 Å². The van der Waals surface area contributed by atoms with Gasteiger partial charge in [-0.1, -0.05) is 24.3 Å². The predicted molar refractivity (Wildman–Crippen MR) is 46.5 cm³/mol. The summed E-state index contributed by atoms with van der Waals surface area (Å²) in [4.78, 5) is 11.4. The summed E-state index contributed by atoms with van der Waals surface area (Å²) in [6, 6.07) is 7.36. The molecular weight excluding hydrogens is 168 g/mol. The van der Waals surface area contributed by atoms with E-state index in [1.807, 2.05) is 18.2 Å². The van der Waals surface area contributed by atoms with Crippen LogP contribution >= 0.6 is 0 Å². The van der Waals surface area contributed by atoms with E-state index < -0.39 is 6.29 Å². The van der Waals surface area contributed by atoms with E-state index in [2.05, 4.69) is 0 Å². The molecule has 0 bridgehead atoms. The van der Waals surface area contributed by atoms with Gasteiger partial charge in [0.15, 0.2) is 12.1 Å². The maximum absolute atomic E-state index is 11.4. The molecule has 68 valence electrons. The number of fused-ring (bicyclic) bond motifs is 1. The monoisotopic (exact) mass is 178 g/mol. The summed E-state index contributed by atoms with van der Waals surface area (Å²) in [6.07, 6.45) is -0.395. The van der Waals surface area contributed by atoms with Crippen molar-refractivity contribution in [1.82, 2.24) is 0 Å². The van der Waals surface area contributed by atoms with Gasteiger partial charge >= 0.3 is 0 Å². The van der Waals surface area contributed by atoms with Gasteiger partial charge in [0.1, 0.15) is 6.61 Å². The van der Waals surface area contributed by atoms with E-state index >= 15 is 0 Å². The molecule has 0 saturated heterocycles. The highest BCUT2D eigenvalue weighted by Crippen LogP contribution is 2.26. The quantitative estimate of drug-likeness (QED) is 0.654. The number of Topliss-reactive ketones (excluding diaryl/α,β-unsaturated/α-hetero) is 1. The second-order valence-corrected chi connectivity index (χ2v) is 2.89. The number of ketones is 1. The molecule has 3 heteroatoms. The highest BCUT2D eigenvalue weighted by atomic mass is 16.7. The summed E-state index contributed by atoms with van der Waals surface area (Å²) in [5.74, 6) is 0.0175. The lowest BCUT2D eigenvalue weighted by molar-refractivity contribution is -0.124. The number of hydrogen-bond donors (Lipinski definition) is 0. The van der Waals surface area contributed by atoms with E-state index in [0.29, 0.717) is 5.56 Å². The molecule has 0 N–H and O–H groups in total. The average Bonchev–Trinajstić information content (AvgIpc) is 2.19. The minimum atomic E-state index is -0.395. The fraction of sp³-hybridized carbons (Fsp3) is 0.300. The van der Waals surface area contributed by atoms with Gasteiger partial charge in [0, 0.05) is 18.2 Å². The highest BCUT2D eigenvalue weighted by molar-refractivity contribution is 5.99. The Bertz CT molecular complexity index is 333. The van der Waals surface area contributed by atoms with Crippen LogP contribution in [0.2, 0.25) is 0 Å². The van der Waals surface area contributed by atoms with Crippen LogP contribution in [0.4, 0.5) is 0 Å². The Morgan fingerprint density at radius 1 is 1.46 bits per heavy atom. The Balaban J connectivity index is 2.47. The first-order valence-electron chi connectivity index (χ1n) is 4.09. The maximum Gasteiger partial charge on any atom is 0.189 e. The number of carbonyl (C=O) groups is 1. The zero-order valence-corrected chi connectivity index (χ0v) is 7.32. The van der Waals surface area contributed by atoms with Gasteiger partial charge in [0.25, 0.3) is 0 Å². The van der Waals surface area contributed by atoms with Gasteiger partial charge in [-0.15, -0.1) is 0 Å². The fourth-order valence-electron chi connectivity index (χ4n) is 1.47. The van der Waals surface area contributed by atoms with Crippen LogP contribution in [0.25, 0.3) is 0 Å². The Morgan fingerprint density at radius 2 is 2.23 bits per heavy atom. The molecule has 1 aliphatic rings. The Hall–Kier alpha value is -1.19. The van der Waals surface area contributed by atoms with Crippen molar-refractivity contribution in [2.45, 2.75) is 6.29 Å². The maximum atomic E-state index is 11.4. The standard InChI is InChI=1S/C10H10O3/c1-12-10-8-5-3-2-4-7(8)9(11)6-13-10/h2-5,10H,6H2,1H3. The lowest BCUT2D eigenvalue weighted by Crippen LogP contribution is -2.23.